The minimum Gasteiger partial charge on any atom is -0.494 e. The van der Waals surface area contributed by atoms with Crippen LogP contribution < -0.4 is 4.74 Å². The second-order valence-electron chi connectivity index (χ2n) is 10.9. The molecule has 0 amide bonds. The Morgan fingerprint density at radius 1 is 1.03 bits per heavy atom. The van der Waals surface area contributed by atoms with Gasteiger partial charge in [0.05, 0.1) is 6.61 Å². The Morgan fingerprint density at radius 2 is 1.67 bits per heavy atom. The predicted octanol–water partition coefficient (Wildman–Crippen LogP) is 7.33. The van der Waals surface area contributed by atoms with E-state index in [-0.39, 0.29) is 16.9 Å². The number of piperidine rings is 1. The minimum atomic E-state index is -0.190. The fraction of sp³-hybridized carbons (Fsp3) is 0.704. The summed E-state index contributed by atoms with van der Waals surface area (Å²) in [6.07, 6.45) is 12.8. The van der Waals surface area contributed by atoms with Crippen LogP contribution in [-0.2, 0) is 0 Å². The van der Waals surface area contributed by atoms with Crippen molar-refractivity contribution in [3.8, 4) is 5.75 Å². The van der Waals surface area contributed by atoms with Crippen LogP contribution in [0.25, 0.3) is 6.08 Å². The van der Waals surface area contributed by atoms with E-state index in [0.29, 0.717) is 23.8 Å². The van der Waals surface area contributed by atoms with Gasteiger partial charge < -0.3 is 4.74 Å². The summed E-state index contributed by atoms with van der Waals surface area (Å²) < 4.78 is 19.9. The molecule has 30 heavy (non-hydrogen) atoms. The summed E-state index contributed by atoms with van der Waals surface area (Å²) in [5, 5.41) is 0. The molecule has 0 atom stereocenters. The highest BCUT2D eigenvalue weighted by molar-refractivity contribution is 5.51. The molecule has 1 aromatic carbocycles. The van der Waals surface area contributed by atoms with Crippen molar-refractivity contribution < 1.29 is 9.13 Å². The third-order valence-electron chi connectivity index (χ3n) is 7.82. The van der Waals surface area contributed by atoms with Crippen LogP contribution in [0.3, 0.4) is 0 Å². The Balaban J connectivity index is 1.55. The van der Waals surface area contributed by atoms with Crippen LogP contribution in [-0.4, -0.2) is 29.6 Å². The quantitative estimate of drug-likeness (QED) is 0.482. The zero-order valence-corrected chi connectivity index (χ0v) is 20.0. The van der Waals surface area contributed by atoms with Crippen LogP contribution in [0.2, 0.25) is 0 Å². The maximum atomic E-state index is 14.4. The van der Waals surface area contributed by atoms with Crippen LogP contribution in [0, 0.1) is 23.6 Å². The first kappa shape index (κ1) is 23.3. The zero-order chi connectivity index (χ0) is 21.9. The molecule has 3 heteroatoms. The smallest absolute Gasteiger partial charge is 0.134 e. The van der Waals surface area contributed by atoms with Gasteiger partial charge in [-0.15, -0.1) is 0 Å². The van der Waals surface area contributed by atoms with E-state index in [4.69, 9.17) is 4.74 Å². The summed E-state index contributed by atoms with van der Waals surface area (Å²) in [6.45, 7) is 12.3. The summed E-state index contributed by atoms with van der Waals surface area (Å²) in [7, 11) is 2.29. The van der Waals surface area contributed by atoms with Crippen molar-refractivity contribution in [1.29, 1.82) is 0 Å². The molecule has 1 saturated carbocycles. The molecule has 1 aromatic rings. The fourth-order valence-electron chi connectivity index (χ4n) is 5.78. The Labute approximate surface area is 183 Å². The molecule has 1 aliphatic heterocycles. The molecule has 1 aliphatic carbocycles. The summed E-state index contributed by atoms with van der Waals surface area (Å²) in [4.78, 5) is 2.58. The van der Waals surface area contributed by atoms with Gasteiger partial charge in [-0.25, -0.2) is 4.39 Å². The van der Waals surface area contributed by atoms with E-state index in [0.717, 1.165) is 18.3 Å². The summed E-state index contributed by atoms with van der Waals surface area (Å²) in [5.74, 6) is 2.67. The standard InChI is InChI=1S/C27H42FNO/c1-7-16-30-24-15-14-22(25(28)17-24)13-10-20-8-11-21(12-9-20)23-18-26(2,3)29(6)27(4,5)19-23/h10,13-15,17,20-21,23H,7-9,11-12,16,18-19H2,1-6H3/b13-10+. The molecule has 168 valence electrons. The molecule has 3 rings (SSSR count). The van der Waals surface area contributed by atoms with E-state index < -0.39 is 0 Å². The molecule has 2 aliphatic rings. The first-order valence-corrected chi connectivity index (χ1v) is 12.0. The topological polar surface area (TPSA) is 12.5 Å². The van der Waals surface area contributed by atoms with Crippen LogP contribution >= 0.6 is 0 Å². The van der Waals surface area contributed by atoms with E-state index >= 15 is 0 Å². The number of allylic oxidation sites excluding steroid dienone is 1. The van der Waals surface area contributed by atoms with Crippen molar-refractivity contribution in [2.75, 3.05) is 13.7 Å². The summed E-state index contributed by atoms with van der Waals surface area (Å²) >= 11 is 0. The number of halogens is 1. The molecule has 2 fully saturated rings. The van der Waals surface area contributed by atoms with Gasteiger partial charge >= 0.3 is 0 Å². The fourth-order valence-corrected chi connectivity index (χ4v) is 5.78. The highest BCUT2D eigenvalue weighted by atomic mass is 19.1. The van der Waals surface area contributed by atoms with E-state index in [1.54, 1.807) is 0 Å². The first-order chi connectivity index (χ1) is 14.1. The third-order valence-corrected chi connectivity index (χ3v) is 7.82. The van der Waals surface area contributed by atoms with E-state index in [1.165, 1.54) is 44.6 Å². The number of nitrogens with zero attached hydrogens (tertiary/aromatic N) is 1. The van der Waals surface area contributed by atoms with Crippen LogP contribution in [0.5, 0.6) is 5.75 Å². The molecule has 2 nitrogen and oxygen atoms in total. The molecular formula is C27H42FNO. The van der Waals surface area contributed by atoms with Crippen molar-refractivity contribution in [3.63, 3.8) is 0 Å². The summed E-state index contributed by atoms with van der Waals surface area (Å²) in [6, 6.07) is 5.22. The lowest BCUT2D eigenvalue weighted by Gasteiger charge is -2.55. The van der Waals surface area contributed by atoms with E-state index in [1.807, 2.05) is 18.2 Å². The third kappa shape index (κ3) is 5.46. The number of hydrogen-bond donors (Lipinski definition) is 0. The minimum absolute atomic E-state index is 0.190. The van der Waals surface area contributed by atoms with Crippen LogP contribution in [0.15, 0.2) is 24.3 Å². The van der Waals surface area contributed by atoms with Crippen molar-refractivity contribution in [2.45, 2.75) is 90.6 Å². The molecule has 0 bridgehead atoms. The molecular weight excluding hydrogens is 373 g/mol. The molecule has 1 saturated heterocycles. The van der Waals surface area contributed by atoms with Gasteiger partial charge in [0.15, 0.2) is 0 Å². The van der Waals surface area contributed by atoms with Gasteiger partial charge in [0.25, 0.3) is 0 Å². The number of benzene rings is 1. The number of rotatable bonds is 6. The van der Waals surface area contributed by atoms with Crippen LogP contribution in [0.4, 0.5) is 4.39 Å². The lowest BCUT2D eigenvalue weighted by molar-refractivity contribution is -0.0491. The molecule has 1 heterocycles. The SMILES string of the molecule is CCCOc1ccc(/C=C/C2CCC(C3CC(C)(C)N(C)C(C)(C)C3)CC2)c(F)c1. The number of hydrogen-bond acceptors (Lipinski definition) is 2. The van der Waals surface area contributed by atoms with E-state index in [2.05, 4.69) is 52.6 Å². The molecule has 0 radical (unpaired) electrons. The largest absolute Gasteiger partial charge is 0.494 e. The van der Waals surface area contributed by atoms with Gasteiger partial charge in [0, 0.05) is 22.7 Å². The molecule has 0 N–H and O–H groups in total. The van der Waals surface area contributed by atoms with Crippen molar-refractivity contribution >= 4 is 6.08 Å². The van der Waals surface area contributed by atoms with Gasteiger partial charge in [-0.2, -0.15) is 0 Å². The molecule has 0 unspecified atom stereocenters. The van der Waals surface area contributed by atoms with Crippen molar-refractivity contribution in [3.05, 3.63) is 35.7 Å². The Kier molecular flexibility index (Phi) is 7.32. The lowest BCUT2D eigenvalue weighted by atomic mass is 9.65. The Morgan fingerprint density at radius 3 is 2.23 bits per heavy atom. The average Bonchev–Trinajstić information content (AvgIpc) is 2.69. The number of likely N-dealkylation sites (tertiary alicyclic amines) is 1. The maximum Gasteiger partial charge on any atom is 0.134 e. The van der Waals surface area contributed by atoms with Crippen molar-refractivity contribution in [1.82, 2.24) is 4.90 Å². The Hall–Kier alpha value is -1.35. The summed E-state index contributed by atoms with van der Waals surface area (Å²) in [5.41, 5.74) is 1.21. The highest BCUT2D eigenvalue weighted by Gasteiger charge is 2.45. The first-order valence-electron chi connectivity index (χ1n) is 12.0. The van der Waals surface area contributed by atoms with E-state index in [9.17, 15) is 4.39 Å². The second-order valence-corrected chi connectivity index (χ2v) is 10.9. The molecule has 0 spiro atoms. The van der Waals surface area contributed by atoms with Gasteiger partial charge in [-0.05, 0) is 110 Å². The average molecular weight is 416 g/mol. The predicted molar refractivity (Wildman–Crippen MR) is 125 cm³/mol. The highest BCUT2D eigenvalue weighted by Crippen LogP contribution is 2.47. The lowest BCUT2D eigenvalue weighted by Crippen LogP contribution is -2.59. The normalized spacial score (nSPS) is 27.4. The van der Waals surface area contributed by atoms with Crippen LogP contribution in [0.1, 0.15) is 85.1 Å². The van der Waals surface area contributed by atoms with Gasteiger partial charge in [-0.1, -0.05) is 19.1 Å². The zero-order valence-electron chi connectivity index (χ0n) is 20.0. The van der Waals surface area contributed by atoms with Gasteiger partial charge in [0.1, 0.15) is 11.6 Å². The Bertz CT molecular complexity index is 712. The monoisotopic (exact) mass is 415 g/mol. The number of ether oxygens (including phenoxy) is 1. The van der Waals surface area contributed by atoms with Crippen molar-refractivity contribution in [2.24, 2.45) is 17.8 Å². The molecule has 0 aromatic heterocycles. The maximum absolute atomic E-state index is 14.4. The van der Waals surface area contributed by atoms with Gasteiger partial charge in [-0.3, -0.25) is 4.90 Å². The second kappa shape index (κ2) is 9.42. The van der Waals surface area contributed by atoms with Gasteiger partial charge in [0.2, 0.25) is 0 Å².